The number of carbonyl (C=O) groups is 1. The third-order valence-electron chi connectivity index (χ3n) is 7.24. The largest absolute Gasteiger partial charge is 0.466 e. The van der Waals surface area contributed by atoms with E-state index in [1.54, 1.807) is 0 Å². The lowest BCUT2D eigenvalue weighted by atomic mass is 9.98. The van der Waals surface area contributed by atoms with Crippen molar-refractivity contribution in [1.29, 1.82) is 5.26 Å². The molecule has 1 unspecified atom stereocenters. The molecule has 5 aromatic rings. The highest BCUT2D eigenvalue weighted by molar-refractivity contribution is 5.90. The van der Waals surface area contributed by atoms with Crippen LogP contribution in [0, 0.1) is 17.2 Å². The first-order valence-electron chi connectivity index (χ1n) is 13.8. The molecule has 0 bridgehead atoms. The number of hydrogen-bond donors (Lipinski definition) is 1. The maximum atomic E-state index is 12.6. The number of nitrogens with one attached hydrogen (secondary N) is 1. The fraction of sp³-hybridized carbons (Fsp3) is 0.212. The predicted molar refractivity (Wildman–Crippen MR) is 159 cm³/mol. The van der Waals surface area contributed by atoms with Gasteiger partial charge in [-0.25, -0.2) is 9.97 Å². The van der Waals surface area contributed by atoms with Crippen molar-refractivity contribution < 1.29 is 13.9 Å². The number of fused-ring (bicyclic) bond motifs is 1. The molecule has 1 N–H and O–H groups in total. The van der Waals surface area contributed by atoms with Crippen LogP contribution < -0.4 is 10.2 Å². The van der Waals surface area contributed by atoms with Crippen LogP contribution in [0.4, 0.5) is 17.5 Å². The third kappa shape index (κ3) is 5.22. The predicted octanol–water partition coefficient (Wildman–Crippen LogP) is 6.95. The minimum absolute atomic E-state index is 0.196. The number of aromatic nitrogens is 2. The van der Waals surface area contributed by atoms with Gasteiger partial charge in [-0.1, -0.05) is 72.8 Å². The molecule has 204 valence electrons. The molecule has 0 amide bonds. The number of nitriles is 1. The Hall–Kier alpha value is -5.16. The molecular formula is C33H29N5O3. The van der Waals surface area contributed by atoms with Crippen LogP contribution in [0.25, 0.3) is 33.5 Å². The molecule has 3 heterocycles. The van der Waals surface area contributed by atoms with Crippen molar-refractivity contribution in [2.75, 3.05) is 29.9 Å². The number of anilines is 3. The van der Waals surface area contributed by atoms with E-state index in [0.29, 0.717) is 53.7 Å². The van der Waals surface area contributed by atoms with Crippen LogP contribution >= 0.6 is 0 Å². The van der Waals surface area contributed by atoms with E-state index >= 15 is 0 Å². The van der Waals surface area contributed by atoms with Crippen LogP contribution in [-0.2, 0) is 9.53 Å². The Morgan fingerprint density at radius 1 is 1.00 bits per heavy atom. The Morgan fingerprint density at radius 2 is 1.66 bits per heavy atom. The van der Waals surface area contributed by atoms with Crippen molar-refractivity contribution in [3.05, 3.63) is 90.5 Å². The number of esters is 1. The lowest BCUT2D eigenvalue weighted by molar-refractivity contribution is -0.148. The normalized spacial score (nSPS) is 14.9. The first-order chi connectivity index (χ1) is 20.2. The van der Waals surface area contributed by atoms with Crippen LogP contribution in [0.3, 0.4) is 0 Å². The Labute approximate surface area is 238 Å². The molecule has 0 spiro atoms. The van der Waals surface area contributed by atoms with E-state index in [1.165, 1.54) is 0 Å². The topological polar surface area (TPSA) is 104 Å². The van der Waals surface area contributed by atoms with E-state index < -0.39 is 0 Å². The number of nitrogens with zero attached hydrogens (tertiary/aromatic N) is 4. The van der Waals surface area contributed by atoms with Crippen LogP contribution in [0.2, 0.25) is 0 Å². The highest BCUT2D eigenvalue weighted by Crippen LogP contribution is 2.43. The van der Waals surface area contributed by atoms with Gasteiger partial charge in [0.2, 0.25) is 5.88 Å². The molecule has 1 aliphatic rings. The molecule has 2 aromatic heterocycles. The lowest BCUT2D eigenvalue weighted by Crippen LogP contribution is -2.40. The molecule has 6 rings (SSSR count). The van der Waals surface area contributed by atoms with Gasteiger partial charge in [0.15, 0.2) is 11.6 Å². The van der Waals surface area contributed by atoms with Crippen molar-refractivity contribution in [2.45, 2.75) is 19.8 Å². The second-order valence-corrected chi connectivity index (χ2v) is 9.90. The second kappa shape index (κ2) is 11.5. The standard InChI is InChI=1S/C33H29N5O3/c1-2-40-33(39)24-16-11-19-38(21-24)31-30(35-26-17-9-10-18-27(26)36-31)37-32-25(20-34)28(22-12-5-3-6-13-22)29(41-32)23-14-7-4-8-15-23/h3-10,12-15,17-18,24H,2,11,16,19,21H2,1H3,(H,35,37). The maximum Gasteiger partial charge on any atom is 0.310 e. The van der Waals surface area contributed by atoms with E-state index in [4.69, 9.17) is 19.1 Å². The molecule has 3 aromatic carbocycles. The Balaban J connectivity index is 1.47. The fourth-order valence-corrected chi connectivity index (χ4v) is 5.32. The molecule has 41 heavy (non-hydrogen) atoms. The molecule has 0 aliphatic carbocycles. The van der Waals surface area contributed by atoms with Crippen molar-refractivity contribution >= 4 is 34.5 Å². The van der Waals surface area contributed by atoms with E-state index in [2.05, 4.69) is 16.3 Å². The van der Waals surface area contributed by atoms with Crippen LogP contribution in [0.5, 0.6) is 0 Å². The van der Waals surface area contributed by atoms with Gasteiger partial charge in [-0.2, -0.15) is 5.26 Å². The highest BCUT2D eigenvalue weighted by Gasteiger charge is 2.30. The molecule has 1 saturated heterocycles. The summed E-state index contributed by atoms with van der Waals surface area (Å²) < 4.78 is 11.8. The minimum Gasteiger partial charge on any atom is -0.466 e. The molecule has 1 atom stereocenters. The van der Waals surface area contributed by atoms with Gasteiger partial charge < -0.3 is 19.4 Å². The Kier molecular flexibility index (Phi) is 7.33. The number of piperidine rings is 1. The van der Waals surface area contributed by atoms with E-state index in [-0.39, 0.29) is 17.8 Å². The van der Waals surface area contributed by atoms with E-state index in [0.717, 1.165) is 29.5 Å². The lowest BCUT2D eigenvalue weighted by Gasteiger charge is -2.33. The molecule has 0 radical (unpaired) electrons. The van der Waals surface area contributed by atoms with Crippen LogP contribution in [0.1, 0.15) is 25.3 Å². The summed E-state index contributed by atoms with van der Waals surface area (Å²) in [6.45, 7) is 3.35. The second-order valence-electron chi connectivity index (χ2n) is 9.90. The summed E-state index contributed by atoms with van der Waals surface area (Å²) in [4.78, 5) is 24.5. The summed E-state index contributed by atoms with van der Waals surface area (Å²) in [6, 6.07) is 29.5. The molecule has 8 heteroatoms. The van der Waals surface area contributed by atoms with Crippen LogP contribution in [0.15, 0.2) is 89.3 Å². The van der Waals surface area contributed by atoms with Gasteiger partial charge in [0.1, 0.15) is 17.4 Å². The number of hydrogen-bond acceptors (Lipinski definition) is 8. The molecular weight excluding hydrogens is 514 g/mol. The summed E-state index contributed by atoms with van der Waals surface area (Å²) in [5, 5.41) is 13.7. The zero-order valence-corrected chi connectivity index (χ0v) is 22.7. The highest BCUT2D eigenvalue weighted by atomic mass is 16.5. The number of carbonyl (C=O) groups excluding carboxylic acids is 1. The van der Waals surface area contributed by atoms with E-state index in [9.17, 15) is 10.1 Å². The average Bonchev–Trinajstić information content (AvgIpc) is 3.40. The summed E-state index contributed by atoms with van der Waals surface area (Å²) in [5.74, 6) is 1.48. The summed E-state index contributed by atoms with van der Waals surface area (Å²) in [6.07, 6.45) is 1.58. The average molecular weight is 544 g/mol. The summed E-state index contributed by atoms with van der Waals surface area (Å²) in [5.41, 5.74) is 4.25. The van der Waals surface area contributed by atoms with Crippen molar-refractivity contribution in [2.24, 2.45) is 5.92 Å². The quantitative estimate of drug-likeness (QED) is 0.220. The molecule has 8 nitrogen and oxygen atoms in total. The fourth-order valence-electron chi connectivity index (χ4n) is 5.32. The smallest absolute Gasteiger partial charge is 0.310 e. The monoisotopic (exact) mass is 543 g/mol. The van der Waals surface area contributed by atoms with Crippen molar-refractivity contribution in [3.63, 3.8) is 0 Å². The van der Waals surface area contributed by atoms with Gasteiger partial charge in [-0.15, -0.1) is 0 Å². The maximum absolute atomic E-state index is 12.6. The van der Waals surface area contributed by atoms with Crippen LogP contribution in [-0.4, -0.2) is 35.6 Å². The summed E-state index contributed by atoms with van der Waals surface area (Å²) >= 11 is 0. The Bertz CT molecular complexity index is 1730. The zero-order chi connectivity index (χ0) is 28.2. The number of ether oxygens (including phenoxy) is 1. The van der Waals surface area contributed by atoms with Gasteiger partial charge in [-0.05, 0) is 37.5 Å². The minimum atomic E-state index is -0.252. The van der Waals surface area contributed by atoms with Gasteiger partial charge in [-0.3, -0.25) is 4.79 Å². The van der Waals surface area contributed by atoms with E-state index in [1.807, 2.05) is 91.9 Å². The molecule has 0 saturated carbocycles. The van der Waals surface area contributed by atoms with Gasteiger partial charge >= 0.3 is 5.97 Å². The van der Waals surface area contributed by atoms with Crippen molar-refractivity contribution in [1.82, 2.24) is 9.97 Å². The van der Waals surface area contributed by atoms with Crippen molar-refractivity contribution in [3.8, 4) is 28.5 Å². The first-order valence-corrected chi connectivity index (χ1v) is 13.8. The SMILES string of the molecule is CCOC(=O)C1CCCN(c2nc3ccccc3nc2Nc2oc(-c3ccccc3)c(-c3ccccc3)c2C#N)C1. The molecule has 1 fully saturated rings. The van der Waals surface area contributed by atoms with Gasteiger partial charge in [0.05, 0.1) is 23.6 Å². The number of benzene rings is 3. The number of para-hydroxylation sites is 2. The Morgan fingerprint density at radius 3 is 2.34 bits per heavy atom. The van der Waals surface area contributed by atoms with Gasteiger partial charge in [0.25, 0.3) is 0 Å². The zero-order valence-electron chi connectivity index (χ0n) is 22.7. The number of furan rings is 1. The molecule has 1 aliphatic heterocycles. The summed E-state index contributed by atoms with van der Waals surface area (Å²) in [7, 11) is 0. The first kappa shape index (κ1) is 26.1. The van der Waals surface area contributed by atoms with Gasteiger partial charge in [0, 0.05) is 24.2 Å². The number of rotatable bonds is 7. The third-order valence-corrected chi connectivity index (χ3v) is 7.24.